The first-order valence-corrected chi connectivity index (χ1v) is 7.17. The Bertz CT molecular complexity index is 395. The fourth-order valence-corrected chi connectivity index (χ4v) is 2.11. The first kappa shape index (κ1) is 16.2. The summed E-state index contributed by atoms with van der Waals surface area (Å²) in [5.41, 5.74) is 0.659. The lowest BCUT2D eigenvalue weighted by atomic mass is 10.1. The lowest BCUT2D eigenvalue weighted by Crippen LogP contribution is -2.30. The molecule has 0 bridgehead atoms. The number of ketones is 1. The van der Waals surface area contributed by atoms with Crippen molar-refractivity contribution in [3.05, 3.63) is 34.9 Å². The van der Waals surface area contributed by atoms with E-state index in [2.05, 4.69) is 11.8 Å². The molecule has 0 spiro atoms. The van der Waals surface area contributed by atoms with Gasteiger partial charge in [0.05, 0.1) is 6.61 Å². The molecule has 0 fully saturated rings. The highest BCUT2D eigenvalue weighted by Gasteiger charge is 2.10. The molecule has 0 aliphatic heterocycles. The molecule has 0 aromatic heterocycles. The quantitative estimate of drug-likeness (QED) is 0.708. The number of hydrogen-bond acceptors (Lipinski definition) is 3. The van der Waals surface area contributed by atoms with Crippen molar-refractivity contribution >= 4 is 17.4 Å². The van der Waals surface area contributed by atoms with Crippen LogP contribution in [0.2, 0.25) is 5.02 Å². The largest absolute Gasteiger partial charge is 0.395 e. The number of hydrogen-bond donors (Lipinski definition) is 1. The fraction of sp³-hybridized carbons (Fsp3) is 0.533. The minimum absolute atomic E-state index is 0.0990. The number of Topliss-reactive ketones (excluding diaryl/α,β-unsaturated/α-hetero) is 1. The van der Waals surface area contributed by atoms with E-state index in [0.29, 0.717) is 30.1 Å². The van der Waals surface area contributed by atoms with Crippen LogP contribution in [0, 0.1) is 0 Å². The topological polar surface area (TPSA) is 40.5 Å². The first-order valence-electron chi connectivity index (χ1n) is 6.79. The normalized spacial score (nSPS) is 10.9. The van der Waals surface area contributed by atoms with Crippen molar-refractivity contribution in [1.29, 1.82) is 0 Å². The third kappa shape index (κ3) is 6.19. The summed E-state index contributed by atoms with van der Waals surface area (Å²) < 4.78 is 0. The highest BCUT2D eigenvalue weighted by molar-refractivity contribution is 6.31. The van der Waals surface area contributed by atoms with Crippen molar-refractivity contribution in [2.24, 2.45) is 0 Å². The van der Waals surface area contributed by atoms with Crippen LogP contribution in [0.3, 0.4) is 0 Å². The Labute approximate surface area is 120 Å². The predicted molar refractivity (Wildman–Crippen MR) is 78.8 cm³/mol. The molecule has 1 rings (SSSR count). The van der Waals surface area contributed by atoms with Gasteiger partial charge in [-0.15, -0.1) is 0 Å². The van der Waals surface area contributed by atoms with Gasteiger partial charge in [-0.25, -0.2) is 0 Å². The highest BCUT2D eigenvalue weighted by atomic mass is 35.5. The van der Waals surface area contributed by atoms with Crippen molar-refractivity contribution in [3.8, 4) is 0 Å². The summed E-state index contributed by atoms with van der Waals surface area (Å²) in [5, 5.41) is 9.60. The van der Waals surface area contributed by atoms with Crippen LogP contribution in [0.25, 0.3) is 0 Å². The Morgan fingerprint density at radius 2 is 2.11 bits per heavy atom. The summed E-state index contributed by atoms with van der Waals surface area (Å²) in [6.45, 7) is 4.51. The van der Waals surface area contributed by atoms with Gasteiger partial charge in [0.1, 0.15) is 0 Å². The second-order valence-corrected chi connectivity index (χ2v) is 5.04. The van der Waals surface area contributed by atoms with Gasteiger partial charge >= 0.3 is 0 Å². The van der Waals surface area contributed by atoms with Crippen LogP contribution in [0.5, 0.6) is 0 Å². The van der Waals surface area contributed by atoms with E-state index in [1.807, 2.05) is 0 Å². The number of carbonyl (C=O) groups is 1. The molecule has 1 aromatic carbocycles. The van der Waals surface area contributed by atoms with Crippen LogP contribution < -0.4 is 0 Å². The van der Waals surface area contributed by atoms with Gasteiger partial charge < -0.3 is 10.0 Å². The SMILES string of the molecule is CCCCN(CCO)CCC(=O)c1cccc(Cl)c1. The molecule has 0 aliphatic rings. The predicted octanol–water partition coefficient (Wildman–Crippen LogP) is 3.01. The summed E-state index contributed by atoms with van der Waals surface area (Å²) in [7, 11) is 0. The number of halogens is 1. The van der Waals surface area contributed by atoms with Gasteiger partial charge in [0, 0.05) is 30.1 Å². The van der Waals surface area contributed by atoms with Gasteiger partial charge in [0.2, 0.25) is 0 Å². The molecule has 19 heavy (non-hydrogen) atoms. The lowest BCUT2D eigenvalue weighted by molar-refractivity contribution is 0.0956. The molecule has 3 nitrogen and oxygen atoms in total. The second-order valence-electron chi connectivity index (χ2n) is 4.60. The number of aliphatic hydroxyl groups is 1. The van der Waals surface area contributed by atoms with Crippen molar-refractivity contribution in [1.82, 2.24) is 4.90 Å². The van der Waals surface area contributed by atoms with Gasteiger partial charge in [-0.2, -0.15) is 0 Å². The lowest BCUT2D eigenvalue weighted by Gasteiger charge is -2.20. The van der Waals surface area contributed by atoms with E-state index >= 15 is 0 Å². The third-order valence-corrected chi connectivity index (χ3v) is 3.28. The second kappa shape index (κ2) is 9.08. The third-order valence-electron chi connectivity index (χ3n) is 3.05. The maximum Gasteiger partial charge on any atom is 0.164 e. The van der Waals surface area contributed by atoms with Gasteiger partial charge in [0.15, 0.2) is 5.78 Å². The molecule has 4 heteroatoms. The molecule has 0 aliphatic carbocycles. The highest BCUT2D eigenvalue weighted by Crippen LogP contribution is 2.12. The van der Waals surface area contributed by atoms with Crippen molar-refractivity contribution in [2.75, 3.05) is 26.2 Å². The minimum Gasteiger partial charge on any atom is -0.395 e. The molecule has 0 unspecified atom stereocenters. The summed E-state index contributed by atoms with van der Waals surface area (Å²) >= 11 is 5.87. The van der Waals surface area contributed by atoms with Crippen LogP contribution in [0.15, 0.2) is 24.3 Å². The molecule has 106 valence electrons. The number of unbranched alkanes of at least 4 members (excludes halogenated alkanes) is 1. The van der Waals surface area contributed by atoms with E-state index in [0.717, 1.165) is 19.4 Å². The van der Waals surface area contributed by atoms with Crippen LogP contribution >= 0.6 is 11.6 Å². The Morgan fingerprint density at radius 3 is 2.74 bits per heavy atom. The van der Waals surface area contributed by atoms with Crippen LogP contribution in [-0.2, 0) is 0 Å². The Morgan fingerprint density at radius 1 is 1.32 bits per heavy atom. The van der Waals surface area contributed by atoms with Crippen LogP contribution in [0.4, 0.5) is 0 Å². The van der Waals surface area contributed by atoms with Crippen LogP contribution in [-0.4, -0.2) is 42.0 Å². The van der Waals surface area contributed by atoms with Crippen molar-refractivity contribution in [2.45, 2.75) is 26.2 Å². The molecule has 0 amide bonds. The number of rotatable bonds is 9. The van der Waals surface area contributed by atoms with E-state index in [1.165, 1.54) is 0 Å². The molecule has 0 radical (unpaired) electrons. The van der Waals surface area contributed by atoms with E-state index in [4.69, 9.17) is 16.7 Å². The Hall–Kier alpha value is -0.900. The number of nitrogens with zero attached hydrogens (tertiary/aromatic N) is 1. The molecule has 0 saturated heterocycles. The van der Waals surface area contributed by atoms with E-state index in [-0.39, 0.29) is 12.4 Å². The molecular weight excluding hydrogens is 262 g/mol. The standard InChI is InChI=1S/C15H22ClNO2/c1-2-3-8-17(10-11-18)9-7-15(19)13-5-4-6-14(16)12-13/h4-6,12,18H,2-3,7-11H2,1H3. The summed E-state index contributed by atoms with van der Waals surface area (Å²) in [4.78, 5) is 14.2. The smallest absolute Gasteiger partial charge is 0.164 e. The fourth-order valence-electron chi connectivity index (χ4n) is 1.92. The molecule has 1 aromatic rings. The van der Waals surface area contributed by atoms with Gasteiger partial charge in [-0.3, -0.25) is 4.79 Å². The van der Waals surface area contributed by atoms with Gasteiger partial charge in [-0.05, 0) is 25.1 Å². The van der Waals surface area contributed by atoms with Gasteiger partial charge in [-0.1, -0.05) is 37.1 Å². The van der Waals surface area contributed by atoms with E-state index < -0.39 is 0 Å². The zero-order chi connectivity index (χ0) is 14.1. The molecular formula is C15H22ClNO2. The van der Waals surface area contributed by atoms with Crippen molar-refractivity contribution in [3.63, 3.8) is 0 Å². The maximum absolute atomic E-state index is 12.0. The average Bonchev–Trinajstić information content (AvgIpc) is 2.41. The number of carbonyl (C=O) groups excluding carboxylic acids is 1. The van der Waals surface area contributed by atoms with E-state index in [9.17, 15) is 4.79 Å². The monoisotopic (exact) mass is 283 g/mol. The summed E-state index contributed by atoms with van der Waals surface area (Å²) in [6.07, 6.45) is 2.67. The Kier molecular flexibility index (Phi) is 7.72. The Balaban J connectivity index is 2.46. The number of benzene rings is 1. The summed E-state index contributed by atoms with van der Waals surface area (Å²) in [6, 6.07) is 7.04. The molecule has 0 saturated carbocycles. The van der Waals surface area contributed by atoms with E-state index in [1.54, 1.807) is 24.3 Å². The maximum atomic E-state index is 12.0. The molecule has 1 N–H and O–H groups in total. The average molecular weight is 284 g/mol. The first-order chi connectivity index (χ1) is 9.17. The minimum atomic E-state index is 0.0990. The molecule has 0 heterocycles. The van der Waals surface area contributed by atoms with Crippen LogP contribution in [0.1, 0.15) is 36.5 Å². The van der Waals surface area contributed by atoms with Gasteiger partial charge in [0.25, 0.3) is 0 Å². The number of aliphatic hydroxyl groups excluding tert-OH is 1. The molecule has 0 atom stereocenters. The zero-order valence-corrected chi connectivity index (χ0v) is 12.2. The zero-order valence-electron chi connectivity index (χ0n) is 11.4. The van der Waals surface area contributed by atoms with Crippen molar-refractivity contribution < 1.29 is 9.90 Å². The summed E-state index contributed by atoms with van der Waals surface area (Å²) in [5.74, 6) is 0.0990.